The first kappa shape index (κ1) is 12.5. The highest BCUT2D eigenvalue weighted by Crippen LogP contribution is 2.38. The molecule has 1 aromatic carbocycles. The lowest BCUT2D eigenvalue weighted by Gasteiger charge is -2.28. The van der Waals surface area contributed by atoms with E-state index in [9.17, 15) is 4.79 Å². The molecule has 0 spiro atoms. The number of carbonyl (C=O) groups excluding carboxylic acids is 1. The van der Waals surface area contributed by atoms with E-state index in [1.54, 1.807) is 7.11 Å². The zero-order chi connectivity index (χ0) is 13.2. The molecule has 19 heavy (non-hydrogen) atoms. The largest absolute Gasteiger partial charge is 0.495 e. The van der Waals surface area contributed by atoms with Crippen molar-refractivity contribution in [1.82, 2.24) is 5.32 Å². The van der Waals surface area contributed by atoms with Gasteiger partial charge in [0.05, 0.1) is 19.2 Å². The fourth-order valence-electron chi connectivity index (χ4n) is 3.10. The minimum atomic E-state index is 0.199. The average Bonchev–Trinajstić information content (AvgIpc) is 2.76. The van der Waals surface area contributed by atoms with Gasteiger partial charge in [-0.25, -0.2) is 0 Å². The third-order valence-corrected chi connectivity index (χ3v) is 4.05. The van der Waals surface area contributed by atoms with Crippen LogP contribution >= 0.6 is 0 Å². The van der Waals surface area contributed by atoms with Crippen LogP contribution in [0.3, 0.4) is 0 Å². The molecule has 4 nitrogen and oxygen atoms in total. The Balaban J connectivity index is 1.84. The number of fused-ring (bicyclic) bond motifs is 1. The normalized spacial score (nSPS) is 22.5. The third-order valence-electron chi connectivity index (χ3n) is 4.05. The van der Waals surface area contributed by atoms with Crippen LogP contribution in [-0.2, 0) is 11.2 Å². The monoisotopic (exact) mass is 260 g/mol. The number of piperidine rings is 1. The maximum absolute atomic E-state index is 12.2. The van der Waals surface area contributed by atoms with E-state index in [1.165, 1.54) is 12.8 Å². The molecule has 0 saturated carbocycles. The number of benzene rings is 1. The van der Waals surface area contributed by atoms with Crippen LogP contribution in [0.5, 0.6) is 5.75 Å². The summed E-state index contributed by atoms with van der Waals surface area (Å²) in [6, 6.07) is 5.91. The highest BCUT2D eigenvalue weighted by Gasteiger charge is 2.32. The van der Waals surface area contributed by atoms with Gasteiger partial charge in [-0.2, -0.15) is 0 Å². The van der Waals surface area contributed by atoms with E-state index < -0.39 is 0 Å². The van der Waals surface area contributed by atoms with Gasteiger partial charge in [0.15, 0.2) is 0 Å². The number of hydrogen-bond donors (Lipinski definition) is 1. The Labute approximate surface area is 113 Å². The fraction of sp³-hybridized carbons (Fsp3) is 0.533. The van der Waals surface area contributed by atoms with E-state index in [0.29, 0.717) is 12.3 Å². The van der Waals surface area contributed by atoms with Gasteiger partial charge in [-0.15, -0.1) is 0 Å². The Kier molecular flexibility index (Phi) is 3.42. The van der Waals surface area contributed by atoms with Crippen LogP contribution in [-0.4, -0.2) is 32.7 Å². The average molecular weight is 260 g/mol. The summed E-state index contributed by atoms with van der Waals surface area (Å²) in [5.41, 5.74) is 2.08. The minimum absolute atomic E-state index is 0.199. The molecule has 2 heterocycles. The molecule has 3 rings (SSSR count). The van der Waals surface area contributed by atoms with Crippen LogP contribution < -0.4 is 15.0 Å². The number of nitrogens with one attached hydrogen (secondary N) is 1. The first-order chi connectivity index (χ1) is 9.29. The van der Waals surface area contributed by atoms with Crippen molar-refractivity contribution < 1.29 is 9.53 Å². The number of rotatable bonds is 3. The quantitative estimate of drug-likeness (QED) is 0.897. The van der Waals surface area contributed by atoms with Crippen molar-refractivity contribution >= 4 is 11.6 Å². The smallest absolute Gasteiger partial charge is 0.231 e. The number of methoxy groups -OCH3 is 1. The van der Waals surface area contributed by atoms with Gasteiger partial charge in [0.2, 0.25) is 5.91 Å². The van der Waals surface area contributed by atoms with Crippen LogP contribution in [0.4, 0.5) is 5.69 Å². The molecule has 2 aliphatic rings. The standard InChI is InChI=1S/C15H20N2O2/c1-19-13-6-2-5-12-8-14(18)17(15(12)13)10-11-4-3-7-16-9-11/h2,5-6,11,16H,3-4,7-10H2,1H3. The van der Waals surface area contributed by atoms with Crippen LogP contribution in [0, 0.1) is 5.92 Å². The number of para-hydroxylation sites is 1. The highest BCUT2D eigenvalue weighted by molar-refractivity contribution is 6.03. The van der Waals surface area contributed by atoms with Gasteiger partial charge in [0, 0.05) is 6.54 Å². The van der Waals surface area contributed by atoms with Gasteiger partial charge in [0.25, 0.3) is 0 Å². The second-order valence-electron chi connectivity index (χ2n) is 5.36. The summed E-state index contributed by atoms with van der Waals surface area (Å²) in [5, 5.41) is 3.41. The molecular formula is C15H20N2O2. The molecule has 1 unspecified atom stereocenters. The van der Waals surface area contributed by atoms with Crippen LogP contribution in [0.15, 0.2) is 18.2 Å². The van der Waals surface area contributed by atoms with Gasteiger partial charge < -0.3 is 15.0 Å². The maximum atomic E-state index is 12.2. The van der Waals surface area contributed by atoms with Gasteiger partial charge in [-0.3, -0.25) is 4.79 Å². The Morgan fingerprint density at radius 2 is 2.37 bits per heavy atom. The second-order valence-corrected chi connectivity index (χ2v) is 5.36. The van der Waals surface area contributed by atoms with E-state index in [2.05, 4.69) is 5.32 Å². The van der Waals surface area contributed by atoms with E-state index >= 15 is 0 Å². The molecule has 0 aliphatic carbocycles. The van der Waals surface area contributed by atoms with Gasteiger partial charge >= 0.3 is 0 Å². The lowest BCUT2D eigenvalue weighted by Crippen LogP contribution is -2.39. The summed E-state index contributed by atoms with van der Waals surface area (Å²) < 4.78 is 5.42. The van der Waals surface area contributed by atoms with Crippen LogP contribution in [0.2, 0.25) is 0 Å². The summed E-state index contributed by atoms with van der Waals surface area (Å²) in [6.45, 7) is 2.91. The summed E-state index contributed by atoms with van der Waals surface area (Å²) in [4.78, 5) is 14.1. The zero-order valence-corrected chi connectivity index (χ0v) is 11.3. The molecule has 2 aliphatic heterocycles. The number of ether oxygens (including phenoxy) is 1. The topological polar surface area (TPSA) is 41.6 Å². The molecular weight excluding hydrogens is 240 g/mol. The molecule has 1 atom stereocenters. The van der Waals surface area contributed by atoms with Crippen molar-refractivity contribution in [2.24, 2.45) is 5.92 Å². The third kappa shape index (κ3) is 2.32. The summed E-state index contributed by atoms with van der Waals surface area (Å²) in [7, 11) is 1.67. The maximum Gasteiger partial charge on any atom is 0.231 e. The Bertz CT molecular complexity index is 481. The van der Waals surface area contributed by atoms with Crippen molar-refractivity contribution in [2.45, 2.75) is 19.3 Å². The van der Waals surface area contributed by atoms with Crippen LogP contribution in [0.1, 0.15) is 18.4 Å². The van der Waals surface area contributed by atoms with Crippen molar-refractivity contribution in [3.8, 4) is 5.75 Å². The molecule has 1 N–H and O–H groups in total. The predicted octanol–water partition coefficient (Wildman–Crippen LogP) is 1.58. The molecule has 1 fully saturated rings. The number of carbonyl (C=O) groups is 1. The molecule has 0 aromatic heterocycles. The first-order valence-corrected chi connectivity index (χ1v) is 6.96. The zero-order valence-electron chi connectivity index (χ0n) is 11.3. The van der Waals surface area contributed by atoms with Gasteiger partial charge in [-0.1, -0.05) is 12.1 Å². The van der Waals surface area contributed by atoms with Gasteiger partial charge in [0.1, 0.15) is 5.75 Å². The van der Waals surface area contributed by atoms with E-state index in [4.69, 9.17) is 4.74 Å². The van der Waals surface area contributed by atoms with E-state index in [0.717, 1.165) is 36.6 Å². The Hall–Kier alpha value is -1.55. The van der Waals surface area contributed by atoms with Crippen molar-refractivity contribution in [3.05, 3.63) is 23.8 Å². The molecule has 4 heteroatoms. The second kappa shape index (κ2) is 5.21. The number of amides is 1. The molecule has 0 bridgehead atoms. The van der Waals surface area contributed by atoms with Crippen LogP contribution in [0.25, 0.3) is 0 Å². The summed E-state index contributed by atoms with van der Waals surface area (Å²) >= 11 is 0. The summed E-state index contributed by atoms with van der Waals surface area (Å²) in [5.74, 6) is 1.56. The van der Waals surface area contributed by atoms with Crippen molar-refractivity contribution in [3.63, 3.8) is 0 Å². The lowest BCUT2D eigenvalue weighted by molar-refractivity contribution is -0.117. The number of hydrogen-bond acceptors (Lipinski definition) is 3. The molecule has 0 radical (unpaired) electrons. The Morgan fingerprint density at radius 3 is 3.11 bits per heavy atom. The molecule has 1 aromatic rings. The lowest BCUT2D eigenvalue weighted by atomic mass is 9.99. The van der Waals surface area contributed by atoms with E-state index in [-0.39, 0.29) is 5.91 Å². The predicted molar refractivity (Wildman–Crippen MR) is 74.6 cm³/mol. The molecule has 1 amide bonds. The molecule has 1 saturated heterocycles. The number of anilines is 1. The Morgan fingerprint density at radius 1 is 1.47 bits per heavy atom. The summed E-state index contributed by atoms with van der Waals surface area (Å²) in [6.07, 6.45) is 2.90. The molecule has 102 valence electrons. The van der Waals surface area contributed by atoms with E-state index in [1.807, 2.05) is 23.1 Å². The highest BCUT2D eigenvalue weighted by atomic mass is 16.5. The van der Waals surface area contributed by atoms with Crippen molar-refractivity contribution in [2.75, 3.05) is 31.6 Å². The first-order valence-electron chi connectivity index (χ1n) is 6.96. The SMILES string of the molecule is COc1cccc2c1N(CC1CCCNC1)C(=O)C2. The van der Waals surface area contributed by atoms with Gasteiger partial charge in [-0.05, 0) is 43.5 Å². The minimum Gasteiger partial charge on any atom is -0.495 e. The number of nitrogens with zero attached hydrogens (tertiary/aromatic N) is 1. The van der Waals surface area contributed by atoms with Crippen molar-refractivity contribution in [1.29, 1.82) is 0 Å². The fourth-order valence-corrected chi connectivity index (χ4v) is 3.10.